The van der Waals surface area contributed by atoms with Crippen LogP contribution < -0.4 is 5.56 Å². The van der Waals surface area contributed by atoms with Gasteiger partial charge in [-0.15, -0.1) is 0 Å². The quantitative estimate of drug-likeness (QED) is 0.489. The van der Waals surface area contributed by atoms with Crippen LogP contribution in [0, 0.1) is 0 Å². The molecule has 0 saturated carbocycles. The van der Waals surface area contributed by atoms with Crippen molar-refractivity contribution in [2.75, 3.05) is 0 Å². The Kier molecular flexibility index (Phi) is 4.95. The van der Waals surface area contributed by atoms with E-state index in [9.17, 15) is 9.59 Å². The largest absolute Gasteiger partial charge is 0.454 e. The number of para-hydroxylation sites is 1. The molecule has 2 heterocycles. The molecule has 29 heavy (non-hydrogen) atoms. The lowest BCUT2D eigenvalue weighted by atomic mass is 10.1. The van der Waals surface area contributed by atoms with Crippen LogP contribution in [0.3, 0.4) is 0 Å². The van der Waals surface area contributed by atoms with Crippen molar-refractivity contribution in [1.29, 1.82) is 0 Å². The molecule has 0 saturated heterocycles. The average Bonchev–Trinajstić information content (AvgIpc) is 3.22. The molecule has 0 N–H and O–H groups in total. The van der Waals surface area contributed by atoms with Crippen molar-refractivity contribution in [3.05, 3.63) is 88.6 Å². The Hall–Kier alpha value is -3.74. The van der Waals surface area contributed by atoms with E-state index in [1.165, 1.54) is 4.68 Å². The van der Waals surface area contributed by atoms with E-state index < -0.39 is 5.97 Å². The summed E-state index contributed by atoms with van der Waals surface area (Å²) in [4.78, 5) is 25.4. The summed E-state index contributed by atoms with van der Waals surface area (Å²) in [6.45, 7) is 3.69. The fraction of sp³-hybridized carbons (Fsp3) is 0.182. The summed E-state index contributed by atoms with van der Waals surface area (Å²) in [5.74, 6) is -0.593. The number of carbonyl (C=O) groups is 1. The number of hydrogen-bond acceptors (Lipinski definition) is 5. The molecule has 4 rings (SSSR count). The molecule has 7 nitrogen and oxygen atoms in total. The number of rotatable bonds is 5. The SMILES string of the molecule is CC(C)n1nc(C(=O)OCc2ccn(-c3ccccc3)n2)c2ccccc2c1=O. The van der Waals surface area contributed by atoms with Crippen LogP contribution >= 0.6 is 0 Å². The Morgan fingerprint density at radius 3 is 2.38 bits per heavy atom. The first-order chi connectivity index (χ1) is 14.0. The molecule has 0 aliphatic heterocycles. The monoisotopic (exact) mass is 388 g/mol. The van der Waals surface area contributed by atoms with Crippen molar-refractivity contribution in [2.45, 2.75) is 26.5 Å². The van der Waals surface area contributed by atoms with Gasteiger partial charge >= 0.3 is 5.97 Å². The number of hydrogen-bond donors (Lipinski definition) is 0. The van der Waals surface area contributed by atoms with Crippen molar-refractivity contribution < 1.29 is 9.53 Å². The van der Waals surface area contributed by atoms with Gasteiger partial charge in [-0.3, -0.25) is 4.79 Å². The molecule has 0 aliphatic carbocycles. The summed E-state index contributed by atoms with van der Waals surface area (Å²) in [6.07, 6.45) is 1.81. The van der Waals surface area contributed by atoms with E-state index in [1.54, 1.807) is 35.0 Å². The van der Waals surface area contributed by atoms with E-state index >= 15 is 0 Å². The highest BCUT2D eigenvalue weighted by Crippen LogP contribution is 2.16. The van der Waals surface area contributed by atoms with Crippen molar-refractivity contribution >= 4 is 16.7 Å². The van der Waals surface area contributed by atoms with Crippen LogP contribution in [0.2, 0.25) is 0 Å². The summed E-state index contributed by atoms with van der Waals surface area (Å²) in [7, 11) is 0. The highest BCUT2D eigenvalue weighted by molar-refractivity contribution is 6.02. The molecule has 0 bridgehead atoms. The molecular formula is C22H20N4O3. The number of fused-ring (bicyclic) bond motifs is 1. The molecule has 2 aromatic heterocycles. The number of ether oxygens (including phenoxy) is 1. The zero-order chi connectivity index (χ0) is 20.4. The number of aromatic nitrogens is 4. The molecular weight excluding hydrogens is 368 g/mol. The molecule has 0 aliphatic rings. The Morgan fingerprint density at radius 2 is 1.66 bits per heavy atom. The Bertz CT molecular complexity index is 1230. The van der Waals surface area contributed by atoms with Gasteiger partial charge < -0.3 is 4.74 Å². The summed E-state index contributed by atoms with van der Waals surface area (Å²) in [5, 5.41) is 9.62. The smallest absolute Gasteiger partial charge is 0.359 e. The van der Waals surface area contributed by atoms with Crippen LogP contribution in [-0.4, -0.2) is 25.5 Å². The van der Waals surface area contributed by atoms with Gasteiger partial charge in [0.1, 0.15) is 12.3 Å². The average molecular weight is 388 g/mol. The maximum absolute atomic E-state index is 12.8. The fourth-order valence-electron chi connectivity index (χ4n) is 3.08. The lowest BCUT2D eigenvalue weighted by Gasteiger charge is -2.12. The first-order valence-corrected chi connectivity index (χ1v) is 9.33. The second kappa shape index (κ2) is 7.71. The first-order valence-electron chi connectivity index (χ1n) is 9.33. The third-order valence-electron chi connectivity index (χ3n) is 4.53. The summed E-state index contributed by atoms with van der Waals surface area (Å²) >= 11 is 0. The van der Waals surface area contributed by atoms with E-state index in [0.717, 1.165) is 5.69 Å². The Morgan fingerprint density at radius 1 is 0.966 bits per heavy atom. The van der Waals surface area contributed by atoms with Gasteiger partial charge in [0.25, 0.3) is 5.56 Å². The van der Waals surface area contributed by atoms with Gasteiger partial charge in [0.05, 0.1) is 17.1 Å². The minimum absolute atomic E-state index is 0.00940. The zero-order valence-corrected chi connectivity index (χ0v) is 16.1. The molecule has 0 radical (unpaired) electrons. The molecule has 0 unspecified atom stereocenters. The summed E-state index contributed by atoms with van der Waals surface area (Å²) < 4.78 is 8.48. The van der Waals surface area contributed by atoms with Gasteiger partial charge in [-0.1, -0.05) is 36.4 Å². The topological polar surface area (TPSA) is 79.0 Å². The van der Waals surface area contributed by atoms with E-state index in [4.69, 9.17) is 4.74 Å². The minimum atomic E-state index is -0.593. The van der Waals surface area contributed by atoms with Gasteiger partial charge in [-0.2, -0.15) is 10.2 Å². The van der Waals surface area contributed by atoms with Crippen LogP contribution in [0.5, 0.6) is 0 Å². The zero-order valence-electron chi connectivity index (χ0n) is 16.1. The summed E-state index contributed by atoms with van der Waals surface area (Å²) in [5.41, 5.74) is 1.43. The van der Waals surface area contributed by atoms with E-state index in [1.807, 2.05) is 50.4 Å². The molecule has 0 fully saturated rings. The predicted molar refractivity (Wildman–Crippen MR) is 109 cm³/mol. The normalized spacial score (nSPS) is 11.1. The van der Waals surface area contributed by atoms with Gasteiger partial charge in [-0.05, 0) is 38.1 Å². The van der Waals surface area contributed by atoms with Crippen molar-refractivity contribution in [3.8, 4) is 5.69 Å². The third kappa shape index (κ3) is 3.67. The predicted octanol–water partition coefficient (Wildman–Crippen LogP) is 3.52. The van der Waals surface area contributed by atoms with Crippen LogP contribution in [0.4, 0.5) is 0 Å². The van der Waals surface area contributed by atoms with Crippen LogP contribution in [0.25, 0.3) is 16.5 Å². The number of benzene rings is 2. The van der Waals surface area contributed by atoms with Crippen molar-refractivity contribution in [2.24, 2.45) is 0 Å². The number of nitrogens with zero attached hydrogens (tertiary/aromatic N) is 4. The standard InChI is InChI=1S/C22H20N4O3/c1-15(2)26-21(27)19-11-7-6-10-18(19)20(24-26)22(28)29-14-16-12-13-25(23-16)17-8-4-3-5-9-17/h3-13,15H,14H2,1-2H3. The molecule has 7 heteroatoms. The molecule has 0 atom stereocenters. The molecule has 0 spiro atoms. The minimum Gasteiger partial charge on any atom is -0.454 e. The highest BCUT2D eigenvalue weighted by Gasteiger charge is 2.19. The summed E-state index contributed by atoms with van der Waals surface area (Å²) in [6, 6.07) is 18.2. The maximum Gasteiger partial charge on any atom is 0.359 e. The highest BCUT2D eigenvalue weighted by atomic mass is 16.5. The van der Waals surface area contributed by atoms with Crippen LogP contribution in [0.1, 0.15) is 36.1 Å². The second-order valence-corrected chi connectivity index (χ2v) is 6.90. The fourth-order valence-corrected chi connectivity index (χ4v) is 3.08. The van der Waals surface area contributed by atoms with E-state index in [2.05, 4.69) is 10.2 Å². The van der Waals surface area contributed by atoms with Gasteiger partial charge in [0.2, 0.25) is 0 Å². The maximum atomic E-state index is 12.8. The third-order valence-corrected chi connectivity index (χ3v) is 4.53. The van der Waals surface area contributed by atoms with Gasteiger partial charge in [0.15, 0.2) is 5.69 Å². The molecule has 4 aromatic rings. The second-order valence-electron chi connectivity index (χ2n) is 6.90. The van der Waals surface area contributed by atoms with E-state index in [-0.39, 0.29) is 23.9 Å². The Balaban J connectivity index is 1.59. The van der Waals surface area contributed by atoms with Crippen LogP contribution in [-0.2, 0) is 11.3 Å². The van der Waals surface area contributed by atoms with E-state index in [0.29, 0.717) is 16.5 Å². The molecule has 2 aromatic carbocycles. The lowest BCUT2D eigenvalue weighted by molar-refractivity contribution is 0.0459. The lowest BCUT2D eigenvalue weighted by Crippen LogP contribution is -2.27. The van der Waals surface area contributed by atoms with Crippen LogP contribution in [0.15, 0.2) is 71.7 Å². The first kappa shape index (κ1) is 18.6. The van der Waals surface area contributed by atoms with Crippen molar-refractivity contribution in [1.82, 2.24) is 19.6 Å². The van der Waals surface area contributed by atoms with Gasteiger partial charge in [-0.25, -0.2) is 14.2 Å². The number of carbonyl (C=O) groups excluding carboxylic acids is 1. The van der Waals surface area contributed by atoms with Crippen molar-refractivity contribution in [3.63, 3.8) is 0 Å². The molecule has 0 amide bonds. The number of esters is 1. The Labute approximate surface area is 167 Å². The van der Waals surface area contributed by atoms with Gasteiger partial charge in [0, 0.05) is 11.6 Å². The molecule has 146 valence electrons.